The maximum absolute atomic E-state index is 13.2. The number of carbonyl (C=O) groups excluding carboxylic acids is 2. The smallest absolute Gasteiger partial charge is 0.242 e. The summed E-state index contributed by atoms with van der Waals surface area (Å²) in [6.07, 6.45) is 2.48. The molecule has 2 aromatic carbocycles. The zero-order valence-electron chi connectivity index (χ0n) is 19.1. The number of benzene rings is 2. The summed E-state index contributed by atoms with van der Waals surface area (Å²) in [5.74, 6) is 1.59. The van der Waals surface area contributed by atoms with E-state index >= 15 is 0 Å². The Balaban J connectivity index is 2.10. The number of rotatable bonds is 13. The predicted molar refractivity (Wildman–Crippen MR) is 133 cm³/mol. The number of halogens is 1. The minimum Gasteiger partial charge on any atom is -0.497 e. The van der Waals surface area contributed by atoms with Gasteiger partial charge in [0.25, 0.3) is 0 Å². The lowest BCUT2D eigenvalue weighted by Crippen LogP contribution is -2.49. The second-order valence-electron chi connectivity index (χ2n) is 7.56. The molecule has 0 aliphatic carbocycles. The third-order valence-corrected chi connectivity index (χ3v) is 6.33. The molecule has 2 amide bonds. The van der Waals surface area contributed by atoms with Gasteiger partial charge in [0.2, 0.25) is 11.8 Å². The number of hydrogen-bond donors (Lipinski definition) is 1. The van der Waals surface area contributed by atoms with Crippen LogP contribution in [-0.4, -0.2) is 42.2 Å². The lowest BCUT2D eigenvalue weighted by molar-refractivity contribution is -0.139. The first-order chi connectivity index (χ1) is 15.5. The average molecular weight is 477 g/mol. The summed E-state index contributed by atoms with van der Waals surface area (Å²) in [6.45, 7) is 5.03. The second kappa shape index (κ2) is 14.1. The number of carbonyl (C=O) groups is 2. The highest BCUT2D eigenvalue weighted by molar-refractivity contribution is 7.99. The van der Waals surface area contributed by atoms with Crippen LogP contribution in [0.15, 0.2) is 48.5 Å². The Hall–Kier alpha value is -2.18. The van der Waals surface area contributed by atoms with Crippen molar-refractivity contribution < 1.29 is 14.3 Å². The SMILES string of the molecule is CCCCNC(=O)[C@@H](CC)N(Cc1ccc(OC)cc1)C(=O)CSCc1cccc(Cl)c1. The Kier molecular flexibility index (Phi) is 11.5. The molecule has 2 aromatic rings. The van der Waals surface area contributed by atoms with Crippen molar-refractivity contribution in [3.63, 3.8) is 0 Å². The van der Waals surface area contributed by atoms with Crippen LogP contribution in [0.2, 0.25) is 5.02 Å². The highest BCUT2D eigenvalue weighted by Gasteiger charge is 2.28. The summed E-state index contributed by atoms with van der Waals surface area (Å²) in [7, 11) is 1.62. The van der Waals surface area contributed by atoms with E-state index in [4.69, 9.17) is 16.3 Å². The van der Waals surface area contributed by atoms with Gasteiger partial charge in [-0.15, -0.1) is 11.8 Å². The summed E-state index contributed by atoms with van der Waals surface area (Å²) in [5.41, 5.74) is 2.03. The summed E-state index contributed by atoms with van der Waals surface area (Å²) in [5, 5.41) is 3.67. The third-order valence-electron chi connectivity index (χ3n) is 5.11. The van der Waals surface area contributed by atoms with E-state index in [2.05, 4.69) is 12.2 Å². The number of methoxy groups -OCH3 is 1. The number of ether oxygens (including phenoxy) is 1. The van der Waals surface area contributed by atoms with Crippen LogP contribution < -0.4 is 10.1 Å². The van der Waals surface area contributed by atoms with Crippen molar-refractivity contribution in [2.75, 3.05) is 19.4 Å². The number of nitrogens with one attached hydrogen (secondary N) is 1. The van der Waals surface area contributed by atoms with Crippen molar-refractivity contribution in [3.8, 4) is 5.75 Å². The average Bonchev–Trinajstić information content (AvgIpc) is 2.79. The molecule has 2 rings (SSSR count). The van der Waals surface area contributed by atoms with Gasteiger partial charge in [-0.05, 0) is 48.2 Å². The van der Waals surface area contributed by atoms with Gasteiger partial charge in [0.05, 0.1) is 12.9 Å². The van der Waals surface area contributed by atoms with E-state index in [-0.39, 0.29) is 11.8 Å². The Morgan fingerprint density at radius 1 is 1.12 bits per heavy atom. The molecule has 0 aliphatic heterocycles. The first-order valence-electron chi connectivity index (χ1n) is 11.0. The quantitative estimate of drug-likeness (QED) is 0.398. The van der Waals surface area contributed by atoms with Gasteiger partial charge in [0.15, 0.2) is 0 Å². The molecule has 32 heavy (non-hydrogen) atoms. The Labute approximate surface area is 200 Å². The topological polar surface area (TPSA) is 58.6 Å². The Bertz CT molecular complexity index is 861. The van der Waals surface area contributed by atoms with Crippen molar-refractivity contribution in [1.29, 1.82) is 0 Å². The molecule has 0 bridgehead atoms. The van der Waals surface area contributed by atoms with Crippen LogP contribution in [0.5, 0.6) is 5.75 Å². The van der Waals surface area contributed by atoms with Crippen molar-refractivity contribution in [1.82, 2.24) is 10.2 Å². The molecule has 0 saturated carbocycles. The molecule has 1 N–H and O–H groups in total. The van der Waals surface area contributed by atoms with E-state index in [1.807, 2.05) is 55.5 Å². The lowest BCUT2D eigenvalue weighted by atomic mass is 10.1. The van der Waals surface area contributed by atoms with Crippen LogP contribution in [0.3, 0.4) is 0 Å². The normalized spacial score (nSPS) is 11.6. The first-order valence-corrected chi connectivity index (χ1v) is 12.5. The van der Waals surface area contributed by atoms with Gasteiger partial charge in [0, 0.05) is 23.9 Å². The molecule has 7 heteroatoms. The zero-order valence-corrected chi connectivity index (χ0v) is 20.7. The van der Waals surface area contributed by atoms with Crippen molar-refractivity contribution in [2.45, 2.75) is 51.4 Å². The molecule has 0 aliphatic rings. The predicted octanol–water partition coefficient (Wildman–Crippen LogP) is 5.31. The fraction of sp³-hybridized carbons (Fsp3) is 0.440. The number of hydrogen-bond acceptors (Lipinski definition) is 4. The molecule has 0 radical (unpaired) electrons. The van der Waals surface area contributed by atoms with Gasteiger partial charge >= 0.3 is 0 Å². The highest BCUT2D eigenvalue weighted by Crippen LogP contribution is 2.20. The molecule has 0 fully saturated rings. The van der Waals surface area contributed by atoms with E-state index in [1.54, 1.807) is 12.0 Å². The maximum atomic E-state index is 13.2. The monoisotopic (exact) mass is 476 g/mol. The van der Waals surface area contributed by atoms with Crippen LogP contribution in [0, 0.1) is 0 Å². The fourth-order valence-corrected chi connectivity index (χ4v) is 4.39. The zero-order chi connectivity index (χ0) is 23.3. The number of unbranched alkanes of at least 4 members (excludes halogenated alkanes) is 1. The summed E-state index contributed by atoms with van der Waals surface area (Å²) < 4.78 is 5.23. The van der Waals surface area contributed by atoms with E-state index in [9.17, 15) is 9.59 Å². The molecule has 5 nitrogen and oxygen atoms in total. The molecule has 1 atom stereocenters. The summed E-state index contributed by atoms with van der Waals surface area (Å²) >= 11 is 7.59. The van der Waals surface area contributed by atoms with E-state index < -0.39 is 6.04 Å². The fourth-order valence-electron chi connectivity index (χ4n) is 3.32. The van der Waals surface area contributed by atoms with Crippen LogP contribution in [-0.2, 0) is 21.9 Å². The third kappa shape index (κ3) is 8.40. The van der Waals surface area contributed by atoms with Gasteiger partial charge in [-0.1, -0.05) is 56.1 Å². The van der Waals surface area contributed by atoms with Crippen LogP contribution >= 0.6 is 23.4 Å². The molecule has 0 heterocycles. The maximum Gasteiger partial charge on any atom is 0.242 e. The van der Waals surface area contributed by atoms with E-state index in [1.165, 1.54) is 11.8 Å². The van der Waals surface area contributed by atoms with E-state index in [0.29, 0.717) is 36.0 Å². The van der Waals surface area contributed by atoms with Gasteiger partial charge in [-0.3, -0.25) is 9.59 Å². The van der Waals surface area contributed by atoms with Crippen LogP contribution in [0.1, 0.15) is 44.2 Å². The molecule has 0 saturated heterocycles. The highest BCUT2D eigenvalue weighted by atomic mass is 35.5. The van der Waals surface area contributed by atoms with Crippen molar-refractivity contribution >= 4 is 35.2 Å². The molecule has 0 aromatic heterocycles. The molecule has 174 valence electrons. The molecular weight excluding hydrogens is 444 g/mol. The van der Waals surface area contributed by atoms with Crippen LogP contribution in [0.25, 0.3) is 0 Å². The Morgan fingerprint density at radius 3 is 2.50 bits per heavy atom. The van der Waals surface area contributed by atoms with Gasteiger partial charge in [-0.2, -0.15) is 0 Å². The minimum absolute atomic E-state index is 0.0506. The van der Waals surface area contributed by atoms with Crippen LogP contribution in [0.4, 0.5) is 0 Å². The largest absolute Gasteiger partial charge is 0.497 e. The number of thioether (sulfide) groups is 1. The van der Waals surface area contributed by atoms with Gasteiger partial charge in [0.1, 0.15) is 11.8 Å². The molecule has 0 unspecified atom stereocenters. The summed E-state index contributed by atoms with van der Waals surface area (Å²) in [4.78, 5) is 27.8. The Morgan fingerprint density at radius 2 is 1.88 bits per heavy atom. The molecular formula is C25H33ClN2O3S. The minimum atomic E-state index is -0.506. The van der Waals surface area contributed by atoms with E-state index in [0.717, 1.165) is 29.7 Å². The number of amides is 2. The van der Waals surface area contributed by atoms with Crippen molar-refractivity contribution in [3.05, 3.63) is 64.7 Å². The first kappa shape index (κ1) is 26.1. The second-order valence-corrected chi connectivity index (χ2v) is 8.98. The van der Waals surface area contributed by atoms with Crippen molar-refractivity contribution in [2.24, 2.45) is 0 Å². The standard InChI is InChI=1S/C25H33ClN2O3S/c1-4-6-14-27-25(30)23(5-2)28(16-19-10-12-22(31-3)13-11-19)24(29)18-32-17-20-8-7-9-21(26)15-20/h7-13,15,23H,4-6,14,16-18H2,1-3H3,(H,27,30)/t23-/m1/s1. The van der Waals surface area contributed by atoms with Gasteiger partial charge < -0.3 is 15.0 Å². The lowest BCUT2D eigenvalue weighted by Gasteiger charge is -2.30. The summed E-state index contributed by atoms with van der Waals surface area (Å²) in [6, 6.07) is 14.7. The van der Waals surface area contributed by atoms with Gasteiger partial charge in [-0.25, -0.2) is 0 Å². The number of nitrogens with zero attached hydrogens (tertiary/aromatic N) is 1. The molecule has 0 spiro atoms.